The van der Waals surface area contributed by atoms with Crippen LogP contribution in [-0.4, -0.2) is 29.7 Å². The van der Waals surface area contributed by atoms with Crippen molar-refractivity contribution in [2.24, 2.45) is 5.73 Å². The smallest absolute Gasteiger partial charge is 0.108 e. The van der Waals surface area contributed by atoms with Gasteiger partial charge < -0.3 is 15.5 Å². The van der Waals surface area contributed by atoms with E-state index >= 15 is 0 Å². The van der Waals surface area contributed by atoms with Gasteiger partial charge in [0.05, 0.1) is 18.5 Å². The molecule has 1 aromatic heterocycles. The van der Waals surface area contributed by atoms with Gasteiger partial charge in [-0.3, -0.25) is 0 Å². The number of nitrogens with one attached hydrogen (secondary N) is 1. The molecule has 0 fully saturated rings. The molecule has 102 valence electrons. The zero-order valence-electron chi connectivity index (χ0n) is 11.5. The van der Waals surface area contributed by atoms with Crippen LogP contribution >= 0.6 is 0 Å². The summed E-state index contributed by atoms with van der Waals surface area (Å²) in [6, 6.07) is 8.58. The van der Waals surface area contributed by atoms with Gasteiger partial charge in [-0.05, 0) is 24.5 Å². The second-order valence-electron chi connectivity index (χ2n) is 4.86. The molecular formula is C15H21N3O. The maximum Gasteiger partial charge on any atom is 0.108 e. The van der Waals surface area contributed by atoms with E-state index in [1.807, 2.05) is 13.1 Å². The summed E-state index contributed by atoms with van der Waals surface area (Å²) in [4.78, 5) is 7.66. The van der Waals surface area contributed by atoms with Crippen LogP contribution in [0, 0.1) is 0 Å². The van der Waals surface area contributed by atoms with E-state index in [4.69, 9.17) is 10.5 Å². The third-order valence-corrected chi connectivity index (χ3v) is 3.00. The number of hydrogen-bond donors (Lipinski definition) is 2. The predicted octanol–water partition coefficient (Wildman–Crippen LogP) is 2.16. The molecule has 0 radical (unpaired) electrons. The fraction of sp³-hybridized carbons (Fsp3) is 0.400. The van der Waals surface area contributed by atoms with Crippen molar-refractivity contribution in [3.63, 3.8) is 0 Å². The van der Waals surface area contributed by atoms with Crippen LogP contribution in [0.25, 0.3) is 11.3 Å². The van der Waals surface area contributed by atoms with Gasteiger partial charge in [0.15, 0.2) is 0 Å². The quantitative estimate of drug-likeness (QED) is 0.835. The van der Waals surface area contributed by atoms with E-state index in [0.29, 0.717) is 0 Å². The Balaban J connectivity index is 2.07. The van der Waals surface area contributed by atoms with E-state index in [0.717, 1.165) is 36.5 Å². The third kappa shape index (κ3) is 3.91. The number of H-pyrrole nitrogens is 1. The molecule has 0 aliphatic rings. The van der Waals surface area contributed by atoms with Crippen molar-refractivity contribution >= 4 is 0 Å². The molecule has 4 heteroatoms. The van der Waals surface area contributed by atoms with E-state index in [2.05, 4.69) is 34.2 Å². The summed E-state index contributed by atoms with van der Waals surface area (Å²) in [5, 5.41) is 0. The third-order valence-electron chi connectivity index (χ3n) is 3.00. The largest absolute Gasteiger partial charge is 0.384 e. The van der Waals surface area contributed by atoms with Gasteiger partial charge in [-0.1, -0.05) is 24.3 Å². The Bertz CT molecular complexity index is 502. The number of nitrogens with zero attached hydrogens (tertiary/aromatic N) is 1. The number of imidazole rings is 1. The van der Waals surface area contributed by atoms with Gasteiger partial charge in [-0.2, -0.15) is 0 Å². The second kappa shape index (κ2) is 6.50. The molecule has 2 aromatic rings. The highest BCUT2D eigenvalue weighted by Gasteiger charge is 2.05. The summed E-state index contributed by atoms with van der Waals surface area (Å²) >= 11 is 0. The predicted molar refractivity (Wildman–Crippen MR) is 77.0 cm³/mol. The average Bonchev–Trinajstić information content (AvgIpc) is 2.84. The van der Waals surface area contributed by atoms with Gasteiger partial charge in [0.25, 0.3) is 0 Å². The van der Waals surface area contributed by atoms with Crippen molar-refractivity contribution in [1.29, 1.82) is 0 Å². The summed E-state index contributed by atoms with van der Waals surface area (Å²) in [6.45, 7) is 2.73. The highest BCUT2D eigenvalue weighted by Crippen LogP contribution is 2.18. The lowest BCUT2D eigenvalue weighted by molar-refractivity contribution is 0.202. The van der Waals surface area contributed by atoms with Crippen molar-refractivity contribution in [3.8, 4) is 11.3 Å². The van der Waals surface area contributed by atoms with Crippen molar-refractivity contribution in [1.82, 2.24) is 9.97 Å². The van der Waals surface area contributed by atoms with Gasteiger partial charge >= 0.3 is 0 Å². The van der Waals surface area contributed by atoms with E-state index in [9.17, 15) is 0 Å². The number of methoxy groups -OCH3 is 1. The van der Waals surface area contributed by atoms with Crippen LogP contribution in [-0.2, 0) is 17.6 Å². The lowest BCUT2D eigenvalue weighted by Gasteiger charge is -2.03. The average molecular weight is 259 g/mol. The first-order valence-corrected chi connectivity index (χ1v) is 6.56. The van der Waals surface area contributed by atoms with Gasteiger partial charge in [-0.15, -0.1) is 0 Å². The molecule has 1 atom stereocenters. The topological polar surface area (TPSA) is 63.9 Å². The molecule has 2 rings (SSSR count). The van der Waals surface area contributed by atoms with E-state index in [1.54, 1.807) is 7.11 Å². The minimum atomic E-state index is 0.121. The van der Waals surface area contributed by atoms with Crippen LogP contribution in [0.3, 0.4) is 0 Å². The molecule has 1 aromatic carbocycles. The van der Waals surface area contributed by atoms with E-state index < -0.39 is 0 Å². The van der Waals surface area contributed by atoms with Crippen LogP contribution in [0.15, 0.2) is 30.5 Å². The minimum absolute atomic E-state index is 0.121. The van der Waals surface area contributed by atoms with Crippen LogP contribution in [0.1, 0.15) is 18.3 Å². The van der Waals surface area contributed by atoms with Crippen molar-refractivity contribution in [2.75, 3.05) is 13.7 Å². The first-order valence-electron chi connectivity index (χ1n) is 6.56. The summed E-state index contributed by atoms with van der Waals surface area (Å²) in [6.07, 6.45) is 3.57. The molecule has 0 aliphatic carbocycles. The Hall–Kier alpha value is -1.65. The molecule has 0 bridgehead atoms. The fourth-order valence-corrected chi connectivity index (χ4v) is 1.99. The summed E-state index contributed by atoms with van der Waals surface area (Å²) in [5.41, 5.74) is 9.22. The lowest BCUT2D eigenvalue weighted by Crippen LogP contribution is -2.18. The number of hydrogen-bond acceptors (Lipinski definition) is 3. The number of nitrogens with two attached hydrogens (primary N) is 1. The highest BCUT2D eigenvalue weighted by molar-refractivity contribution is 5.58. The molecule has 1 unspecified atom stereocenters. The molecule has 0 spiro atoms. The second-order valence-corrected chi connectivity index (χ2v) is 4.86. The maximum atomic E-state index is 5.77. The Morgan fingerprint density at radius 3 is 2.68 bits per heavy atom. The molecular weight excluding hydrogens is 238 g/mol. The molecule has 3 N–H and O–H groups in total. The number of rotatable bonds is 6. The monoisotopic (exact) mass is 259 g/mol. The number of ether oxygens (including phenoxy) is 1. The molecule has 19 heavy (non-hydrogen) atoms. The lowest BCUT2D eigenvalue weighted by atomic mass is 10.1. The number of aromatic amines is 1. The van der Waals surface area contributed by atoms with Crippen LogP contribution in [0.4, 0.5) is 0 Å². The fourth-order valence-electron chi connectivity index (χ4n) is 1.99. The number of benzene rings is 1. The van der Waals surface area contributed by atoms with Crippen molar-refractivity contribution < 1.29 is 4.74 Å². The van der Waals surface area contributed by atoms with E-state index in [1.165, 1.54) is 5.56 Å². The van der Waals surface area contributed by atoms with Crippen LogP contribution in [0.5, 0.6) is 0 Å². The summed E-state index contributed by atoms with van der Waals surface area (Å²) in [7, 11) is 1.72. The first kappa shape index (κ1) is 13.8. The van der Waals surface area contributed by atoms with Crippen molar-refractivity contribution in [2.45, 2.75) is 25.8 Å². The number of aromatic nitrogens is 2. The SMILES string of the molecule is COCCc1ccc(-c2cnc(CC(C)N)[nH]2)cc1. The maximum absolute atomic E-state index is 5.77. The van der Waals surface area contributed by atoms with Gasteiger partial charge in [0.2, 0.25) is 0 Å². The normalized spacial score (nSPS) is 12.6. The summed E-state index contributed by atoms with van der Waals surface area (Å²) < 4.78 is 5.07. The Labute approximate surface area is 114 Å². The Kier molecular flexibility index (Phi) is 4.71. The Morgan fingerprint density at radius 2 is 2.05 bits per heavy atom. The van der Waals surface area contributed by atoms with Crippen molar-refractivity contribution in [3.05, 3.63) is 41.9 Å². The molecule has 0 saturated heterocycles. The minimum Gasteiger partial charge on any atom is -0.384 e. The zero-order chi connectivity index (χ0) is 13.7. The molecule has 0 saturated carbocycles. The Morgan fingerprint density at radius 1 is 1.32 bits per heavy atom. The van der Waals surface area contributed by atoms with E-state index in [-0.39, 0.29) is 6.04 Å². The molecule has 1 heterocycles. The highest BCUT2D eigenvalue weighted by atomic mass is 16.5. The molecule has 4 nitrogen and oxygen atoms in total. The molecule has 0 aliphatic heterocycles. The van der Waals surface area contributed by atoms with Crippen LogP contribution in [0.2, 0.25) is 0 Å². The van der Waals surface area contributed by atoms with Gasteiger partial charge in [0.1, 0.15) is 5.82 Å². The van der Waals surface area contributed by atoms with Gasteiger partial charge in [0, 0.05) is 19.6 Å². The molecule has 0 amide bonds. The zero-order valence-corrected chi connectivity index (χ0v) is 11.5. The first-order chi connectivity index (χ1) is 9.19. The van der Waals surface area contributed by atoms with Gasteiger partial charge in [-0.25, -0.2) is 4.98 Å². The standard InChI is InChI=1S/C15H21N3O/c1-11(16)9-15-17-10-14(18-15)13-5-3-12(4-6-13)7-8-19-2/h3-6,10-11H,7-9,16H2,1-2H3,(H,17,18). The van der Waals surface area contributed by atoms with Crippen LogP contribution < -0.4 is 5.73 Å². The summed E-state index contributed by atoms with van der Waals surface area (Å²) in [5.74, 6) is 0.938.